The molecule has 2 heterocycles. The summed E-state index contributed by atoms with van der Waals surface area (Å²) >= 11 is 0. The van der Waals surface area contributed by atoms with E-state index < -0.39 is 11.6 Å². The first kappa shape index (κ1) is 32.3. The molecule has 0 fully saturated rings. The van der Waals surface area contributed by atoms with Crippen molar-refractivity contribution in [2.75, 3.05) is 6.61 Å². The molecule has 254 valence electrons. The molecule has 52 heavy (non-hydrogen) atoms. The van der Waals surface area contributed by atoms with Gasteiger partial charge in [-0.1, -0.05) is 146 Å². The molecule has 0 spiro atoms. The molecule has 0 unspecified atom stereocenters. The Kier molecular flexibility index (Phi) is 8.81. The zero-order chi connectivity index (χ0) is 35.3. The number of esters is 1. The van der Waals surface area contributed by atoms with E-state index in [0.717, 1.165) is 38.9 Å². The molecule has 1 N–H and O–H groups in total. The monoisotopic (exact) mass is 682 g/mol. The molecule has 0 aliphatic carbocycles. The number of fused-ring (bicyclic) bond motifs is 1. The van der Waals surface area contributed by atoms with Gasteiger partial charge in [0, 0.05) is 22.3 Å². The number of nitrogens with one attached hydrogen (secondary N) is 1. The van der Waals surface area contributed by atoms with Gasteiger partial charge >= 0.3 is 5.97 Å². The van der Waals surface area contributed by atoms with E-state index in [4.69, 9.17) is 14.5 Å². The molecule has 0 bridgehead atoms. The second kappa shape index (κ2) is 14.2. The Morgan fingerprint density at radius 3 is 1.87 bits per heavy atom. The molecular weight excluding hydrogens is 649 g/mol. The Morgan fingerprint density at radius 2 is 1.29 bits per heavy atom. The Bertz CT molecular complexity index is 2330. The Balaban J connectivity index is 1.21. The quantitative estimate of drug-likeness (QED) is 0.108. The summed E-state index contributed by atoms with van der Waals surface area (Å²) in [5.74, 6) is 0.0425. The van der Waals surface area contributed by atoms with Gasteiger partial charge in [0.1, 0.15) is 0 Å². The number of imidazole rings is 1. The summed E-state index contributed by atoms with van der Waals surface area (Å²) in [6.45, 7) is 2.74. The maximum atomic E-state index is 14.8. The van der Waals surface area contributed by atoms with Gasteiger partial charge in [0.25, 0.3) is 6.01 Å². The van der Waals surface area contributed by atoms with E-state index in [9.17, 15) is 4.79 Å². The SMILES string of the molecule is CCOc1nc2cccc(C(=O)OC(c3ccccc3)(c3ccccc3)c3ccccc3)c2n1Cc1ccc(-c2ccccc2-c2nn[nH]n2)cc1. The largest absolute Gasteiger partial charge is 0.465 e. The number of para-hydroxylation sites is 1. The van der Waals surface area contributed by atoms with Gasteiger partial charge in [-0.2, -0.15) is 10.2 Å². The molecule has 2 aromatic heterocycles. The molecule has 0 radical (unpaired) electrons. The van der Waals surface area contributed by atoms with Crippen LogP contribution in [-0.2, 0) is 16.9 Å². The van der Waals surface area contributed by atoms with E-state index in [1.807, 2.05) is 139 Å². The van der Waals surface area contributed by atoms with Gasteiger partial charge in [-0.25, -0.2) is 4.79 Å². The van der Waals surface area contributed by atoms with Crippen molar-refractivity contribution in [1.82, 2.24) is 30.2 Å². The van der Waals surface area contributed by atoms with Crippen molar-refractivity contribution in [3.05, 3.63) is 186 Å². The summed E-state index contributed by atoms with van der Waals surface area (Å²) in [5, 5.41) is 14.6. The van der Waals surface area contributed by atoms with E-state index in [2.05, 4.69) is 44.9 Å². The summed E-state index contributed by atoms with van der Waals surface area (Å²) in [6.07, 6.45) is 0. The molecule has 8 aromatic rings. The number of carbonyl (C=O) groups excluding carboxylic acids is 1. The summed E-state index contributed by atoms with van der Waals surface area (Å²) in [5.41, 5.74) is 6.78. The van der Waals surface area contributed by atoms with Crippen LogP contribution < -0.4 is 4.74 Å². The van der Waals surface area contributed by atoms with E-state index in [1.54, 1.807) is 6.07 Å². The second-order valence-corrected chi connectivity index (χ2v) is 12.2. The third kappa shape index (κ3) is 5.98. The maximum absolute atomic E-state index is 14.8. The average molecular weight is 683 g/mol. The van der Waals surface area contributed by atoms with Crippen LogP contribution in [0.4, 0.5) is 0 Å². The molecule has 9 heteroatoms. The minimum Gasteiger partial charge on any atom is -0.465 e. The predicted octanol–water partition coefficient (Wildman–Crippen LogP) is 8.48. The topological polar surface area (TPSA) is 108 Å². The number of carbonyl (C=O) groups is 1. The zero-order valence-electron chi connectivity index (χ0n) is 28.4. The van der Waals surface area contributed by atoms with Crippen LogP contribution in [0.1, 0.15) is 39.5 Å². The van der Waals surface area contributed by atoms with Crippen LogP contribution in [0.2, 0.25) is 0 Å². The second-order valence-electron chi connectivity index (χ2n) is 12.2. The molecular formula is C43H34N6O3. The molecule has 0 saturated carbocycles. The van der Waals surface area contributed by atoms with Gasteiger partial charge < -0.3 is 9.47 Å². The minimum absolute atomic E-state index is 0.383. The molecule has 0 aliphatic heterocycles. The fraction of sp³-hybridized carbons (Fsp3) is 0.0930. The molecule has 9 nitrogen and oxygen atoms in total. The number of aromatic amines is 1. The fourth-order valence-electron chi connectivity index (χ4n) is 6.78. The number of benzene rings is 6. The molecule has 0 amide bonds. The highest BCUT2D eigenvalue weighted by Gasteiger charge is 2.41. The van der Waals surface area contributed by atoms with Crippen molar-refractivity contribution in [1.29, 1.82) is 0 Å². The van der Waals surface area contributed by atoms with Gasteiger partial charge in [0.05, 0.1) is 29.7 Å². The molecule has 0 saturated heterocycles. The third-order valence-corrected chi connectivity index (χ3v) is 9.13. The lowest BCUT2D eigenvalue weighted by Gasteiger charge is -2.35. The highest BCUT2D eigenvalue weighted by Crippen LogP contribution is 2.42. The number of H-pyrrole nitrogens is 1. The Labute approximate surface area is 300 Å². The van der Waals surface area contributed by atoms with Crippen LogP contribution in [0, 0.1) is 0 Å². The predicted molar refractivity (Wildman–Crippen MR) is 200 cm³/mol. The van der Waals surface area contributed by atoms with Crippen molar-refractivity contribution in [2.24, 2.45) is 0 Å². The Morgan fingerprint density at radius 1 is 0.692 bits per heavy atom. The van der Waals surface area contributed by atoms with Gasteiger partial charge in [0.2, 0.25) is 5.82 Å². The van der Waals surface area contributed by atoms with Crippen LogP contribution in [-0.4, -0.2) is 42.8 Å². The number of tetrazole rings is 1. The van der Waals surface area contributed by atoms with E-state index in [0.29, 0.717) is 41.6 Å². The lowest BCUT2D eigenvalue weighted by Crippen LogP contribution is -2.35. The highest BCUT2D eigenvalue weighted by atomic mass is 16.6. The van der Waals surface area contributed by atoms with Gasteiger partial charge in [0.15, 0.2) is 5.60 Å². The first-order valence-corrected chi connectivity index (χ1v) is 17.1. The first-order valence-electron chi connectivity index (χ1n) is 17.1. The number of hydrogen-bond donors (Lipinski definition) is 1. The summed E-state index contributed by atoms with van der Waals surface area (Å²) < 4.78 is 14.8. The van der Waals surface area contributed by atoms with Crippen molar-refractivity contribution >= 4 is 17.0 Å². The maximum Gasteiger partial charge on any atom is 0.341 e. The van der Waals surface area contributed by atoms with Crippen molar-refractivity contribution in [2.45, 2.75) is 19.1 Å². The fourth-order valence-corrected chi connectivity index (χ4v) is 6.78. The lowest BCUT2D eigenvalue weighted by atomic mass is 9.80. The smallest absolute Gasteiger partial charge is 0.341 e. The number of ether oxygens (including phenoxy) is 2. The Hall–Kier alpha value is -6.87. The number of nitrogens with zero attached hydrogens (tertiary/aromatic N) is 5. The van der Waals surface area contributed by atoms with Crippen molar-refractivity contribution in [3.8, 4) is 28.5 Å². The van der Waals surface area contributed by atoms with Crippen LogP contribution in [0.5, 0.6) is 6.01 Å². The molecule has 8 rings (SSSR count). The summed E-state index contributed by atoms with van der Waals surface area (Å²) in [7, 11) is 0. The molecule has 0 atom stereocenters. The van der Waals surface area contributed by atoms with Gasteiger partial charge in [-0.15, -0.1) is 10.2 Å². The van der Waals surface area contributed by atoms with Crippen molar-refractivity contribution in [3.63, 3.8) is 0 Å². The van der Waals surface area contributed by atoms with Crippen LogP contribution in [0.25, 0.3) is 33.5 Å². The lowest BCUT2D eigenvalue weighted by molar-refractivity contribution is 0.0143. The summed E-state index contributed by atoms with van der Waals surface area (Å²) in [6, 6.07) is 51.8. The van der Waals surface area contributed by atoms with E-state index >= 15 is 0 Å². The van der Waals surface area contributed by atoms with Gasteiger partial charge in [-0.05, 0) is 41.0 Å². The number of hydrogen-bond acceptors (Lipinski definition) is 7. The van der Waals surface area contributed by atoms with E-state index in [-0.39, 0.29) is 0 Å². The van der Waals surface area contributed by atoms with Crippen LogP contribution in [0.3, 0.4) is 0 Å². The normalized spacial score (nSPS) is 11.4. The highest BCUT2D eigenvalue weighted by molar-refractivity contribution is 6.03. The number of rotatable bonds is 11. The van der Waals surface area contributed by atoms with Crippen molar-refractivity contribution < 1.29 is 14.3 Å². The number of aromatic nitrogens is 6. The minimum atomic E-state index is -1.23. The van der Waals surface area contributed by atoms with Gasteiger partial charge in [-0.3, -0.25) is 4.57 Å². The summed E-state index contributed by atoms with van der Waals surface area (Å²) in [4.78, 5) is 19.6. The molecule has 6 aromatic carbocycles. The molecule has 0 aliphatic rings. The zero-order valence-corrected chi connectivity index (χ0v) is 28.4. The standard InChI is InChI=1S/C43H34N6O3/c1-2-51-42-44-38-24-14-23-37(39(38)49(42)29-30-25-27-31(28-26-30)35-21-12-13-22-36(35)40-45-47-48-46-40)41(50)52-43(32-15-6-3-7-16-32,33-17-8-4-9-18-33)34-19-10-5-11-20-34/h3-28H,2,29H2,1H3,(H,45,46,47,48). The van der Waals surface area contributed by atoms with Crippen LogP contribution >= 0.6 is 0 Å². The first-order chi connectivity index (χ1) is 25.7. The third-order valence-electron chi connectivity index (χ3n) is 9.13. The average Bonchev–Trinajstić information content (AvgIpc) is 3.87. The van der Waals surface area contributed by atoms with Crippen LogP contribution in [0.15, 0.2) is 158 Å². The van der Waals surface area contributed by atoms with E-state index in [1.165, 1.54) is 0 Å².